The number of anilines is 3. The summed E-state index contributed by atoms with van der Waals surface area (Å²) >= 11 is 5.96. The lowest BCUT2D eigenvalue weighted by molar-refractivity contribution is -0.0259. The van der Waals surface area contributed by atoms with Crippen LogP contribution in [0.1, 0.15) is 19.8 Å². The van der Waals surface area contributed by atoms with Crippen LogP contribution >= 0.6 is 11.6 Å². The Bertz CT molecular complexity index is 1130. The van der Waals surface area contributed by atoms with E-state index in [0.717, 1.165) is 14.2 Å². The first-order chi connectivity index (χ1) is 13.6. The highest BCUT2D eigenvalue weighted by molar-refractivity contribution is 7.89. The Morgan fingerprint density at radius 1 is 1.31 bits per heavy atom. The van der Waals surface area contributed by atoms with Gasteiger partial charge in [0.05, 0.1) is 17.8 Å². The van der Waals surface area contributed by atoms with E-state index in [9.17, 15) is 23.1 Å². The number of phenols is 1. The van der Waals surface area contributed by atoms with E-state index in [1.54, 1.807) is 0 Å². The second-order valence-corrected chi connectivity index (χ2v) is 8.34. The Morgan fingerprint density at radius 3 is 2.48 bits per heavy atom. The molecule has 0 saturated carbocycles. The number of nitrogens with one attached hydrogen (secondary N) is 2. The zero-order chi connectivity index (χ0) is 21.9. The quantitative estimate of drug-likeness (QED) is 0.233. The van der Waals surface area contributed by atoms with Gasteiger partial charge in [-0.05, 0) is 18.6 Å². The van der Waals surface area contributed by atoms with E-state index in [-0.39, 0.29) is 28.1 Å². The molecule has 2 rings (SSSR count). The van der Waals surface area contributed by atoms with Crippen LogP contribution in [0.3, 0.4) is 0 Å². The highest BCUT2D eigenvalue weighted by Crippen LogP contribution is 2.39. The van der Waals surface area contributed by atoms with E-state index in [2.05, 4.69) is 21.4 Å². The Hall–Kier alpha value is -2.58. The van der Waals surface area contributed by atoms with Crippen molar-refractivity contribution >= 4 is 38.7 Å². The van der Waals surface area contributed by atoms with Crippen LogP contribution in [-0.2, 0) is 14.9 Å². The zero-order valence-electron chi connectivity index (χ0n) is 15.9. The van der Waals surface area contributed by atoms with Crippen molar-refractivity contribution in [1.29, 1.82) is 0 Å². The van der Waals surface area contributed by atoms with Crippen molar-refractivity contribution in [1.82, 2.24) is 4.47 Å². The lowest BCUT2D eigenvalue weighted by Crippen LogP contribution is -2.39. The fourth-order valence-electron chi connectivity index (χ4n) is 2.55. The van der Waals surface area contributed by atoms with E-state index in [0.29, 0.717) is 17.3 Å². The maximum absolute atomic E-state index is 12.5. The van der Waals surface area contributed by atoms with Crippen molar-refractivity contribution in [2.75, 3.05) is 24.8 Å². The molecule has 1 atom stereocenters. The second kappa shape index (κ2) is 8.84. The maximum Gasteiger partial charge on any atom is 0.269 e. The van der Waals surface area contributed by atoms with Gasteiger partial charge in [-0.1, -0.05) is 23.0 Å². The molecule has 0 saturated heterocycles. The first-order valence-corrected chi connectivity index (χ1v) is 10.3. The van der Waals surface area contributed by atoms with E-state index in [4.69, 9.17) is 18.0 Å². The highest BCUT2D eigenvalue weighted by atomic mass is 35.5. The standard InChI is InChI=1S/C18H20ClN3O6S/c1-5-7-10(6-2)20-13-14(17(25)16(13)24)21-12-9-8-11(19)18(15(12)23)29(26,27)22(3)28-4/h1,8-10,20-21,23H,6-7H2,2-4H3/t10-/m1/s1. The molecule has 0 radical (unpaired) electrons. The summed E-state index contributed by atoms with van der Waals surface area (Å²) in [4.78, 5) is 28.0. The van der Waals surface area contributed by atoms with Crippen molar-refractivity contribution < 1.29 is 18.4 Å². The summed E-state index contributed by atoms with van der Waals surface area (Å²) in [5.74, 6) is 1.75. The predicted octanol–water partition coefficient (Wildman–Crippen LogP) is 1.78. The van der Waals surface area contributed by atoms with Crippen molar-refractivity contribution in [2.24, 2.45) is 0 Å². The average Bonchev–Trinajstić information content (AvgIpc) is 2.69. The van der Waals surface area contributed by atoms with Gasteiger partial charge in [-0.2, -0.15) is 0 Å². The number of phenolic OH excluding ortho intramolecular Hbond substituents is 1. The molecule has 0 heterocycles. The zero-order valence-corrected chi connectivity index (χ0v) is 17.5. The fraction of sp³-hybridized carbons (Fsp3) is 0.333. The number of hydrogen-bond acceptors (Lipinski definition) is 8. The van der Waals surface area contributed by atoms with E-state index >= 15 is 0 Å². The van der Waals surface area contributed by atoms with E-state index < -0.39 is 31.5 Å². The van der Waals surface area contributed by atoms with E-state index in [1.807, 2.05) is 6.92 Å². The van der Waals surface area contributed by atoms with Gasteiger partial charge in [0.2, 0.25) is 0 Å². The molecule has 0 unspecified atom stereocenters. The third kappa shape index (κ3) is 4.23. The molecule has 0 bridgehead atoms. The van der Waals surface area contributed by atoms with Gasteiger partial charge < -0.3 is 15.7 Å². The maximum atomic E-state index is 12.5. The smallest absolute Gasteiger partial charge is 0.269 e. The summed E-state index contributed by atoms with van der Waals surface area (Å²) in [7, 11) is -2.03. The Kier molecular flexibility index (Phi) is 6.92. The van der Waals surface area contributed by atoms with Gasteiger partial charge in [0.1, 0.15) is 16.3 Å². The molecular formula is C18H20ClN3O6S. The molecule has 156 valence electrons. The van der Waals surface area contributed by atoms with Gasteiger partial charge in [0, 0.05) is 19.5 Å². The Labute approximate surface area is 172 Å². The minimum Gasteiger partial charge on any atom is -0.504 e. The average molecular weight is 442 g/mol. The molecule has 0 aliphatic rings. The molecule has 9 nitrogen and oxygen atoms in total. The van der Waals surface area contributed by atoms with Crippen molar-refractivity contribution in [2.45, 2.75) is 30.7 Å². The van der Waals surface area contributed by atoms with Crippen LogP contribution in [-0.4, -0.2) is 38.2 Å². The fourth-order valence-corrected chi connectivity index (χ4v) is 4.11. The van der Waals surface area contributed by atoms with Gasteiger partial charge in [-0.15, -0.1) is 12.3 Å². The van der Waals surface area contributed by atoms with Gasteiger partial charge >= 0.3 is 0 Å². The first-order valence-electron chi connectivity index (χ1n) is 8.44. The highest BCUT2D eigenvalue weighted by Gasteiger charge is 2.30. The molecule has 0 fully saturated rings. The van der Waals surface area contributed by atoms with Crippen molar-refractivity contribution in [3.8, 4) is 18.1 Å². The number of rotatable bonds is 9. The molecule has 3 N–H and O–H groups in total. The SMILES string of the molecule is C#CC[C@@H](CC)Nc1c(Nc2ccc(Cl)c(S(=O)(=O)N(C)OC)c2O)c(=O)c1=O. The molecule has 0 aromatic heterocycles. The number of benzene rings is 1. The summed E-state index contributed by atoms with van der Waals surface area (Å²) in [5.41, 5.74) is -1.76. The van der Waals surface area contributed by atoms with Crippen LogP contribution in [0.15, 0.2) is 26.6 Å². The topological polar surface area (TPSA) is 125 Å². The summed E-state index contributed by atoms with van der Waals surface area (Å²) in [5, 5.41) is 15.8. The van der Waals surface area contributed by atoms with Crippen LogP contribution in [0.4, 0.5) is 17.1 Å². The third-order valence-corrected chi connectivity index (χ3v) is 6.49. The molecule has 0 aliphatic carbocycles. The molecule has 0 spiro atoms. The summed E-state index contributed by atoms with van der Waals surface area (Å²) < 4.78 is 25.6. The van der Waals surface area contributed by atoms with Crippen molar-refractivity contribution in [3.63, 3.8) is 0 Å². The lowest BCUT2D eigenvalue weighted by Gasteiger charge is -2.21. The summed E-state index contributed by atoms with van der Waals surface area (Å²) in [6.07, 6.45) is 6.25. The molecule has 0 aliphatic heterocycles. The van der Waals surface area contributed by atoms with E-state index in [1.165, 1.54) is 12.1 Å². The van der Waals surface area contributed by atoms with Crippen LogP contribution in [0.25, 0.3) is 0 Å². The van der Waals surface area contributed by atoms with Gasteiger partial charge in [0.25, 0.3) is 20.9 Å². The molecular weight excluding hydrogens is 422 g/mol. The minimum absolute atomic E-state index is 0.0184. The monoisotopic (exact) mass is 441 g/mol. The molecule has 2 aromatic rings. The third-order valence-electron chi connectivity index (χ3n) is 4.31. The van der Waals surface area contributed by atoms with Crippen LogP contribution in [0.5, 0.6) is 5.75 Å². The van der Waals surface area contributed by atoms with Crippen LogP contribution in [0, 0.1) is 12.3 Å². The number of hydrogen-bond donors (Lipinski definition) is 3. The number of terminal acetylenes is 1. The summed E-state index contributed by atoms with van der Waals surface area (Å²) in [6.45, 7) is 1.86. The Balaban J connectivity index is 2.47. The van der Waals surface area contributed by atoms with Crippen molar-refractivity contribution in [3.05, 3.63) is 37.6 Å². The minimum atomic E-state index is -4.28. The molecule has 0 amide bonds. The lowest BCUT2D eigenvalue weighted by atomic mass is 10.1. The number of hydroxylamine groups is 1. The van der Waals surface area contributed by atoms with Gasteiger partial charge in [-0.25, -0.2) is 8.42 Å². The first kappa shape index (κ1) is 22.7. The molecule has 29 heavy (non-hydrogen) atoms. The van der Waals surface area contributed by atoms with Gasteiger partial charge in [-0.3, -0.25) is 14.4 Å². The molecule has 11 heteroatoms. The number of nitrogens with zero attached hydrogens (tertiary/aromatic N) is 1. The second-order valence-electron chi connectivity index (χ2n) is 6.06. The molecule has 2 aromatic carbocycles. The largest absolute Gasteiger partial charge is 0.504 e. The van der Waals surface area contributed by atoms with Gasteiger partial charge in [0.15, 0.2) is 5.75 Å². The predicted molar refractivity (Wildman–Crippen MR) is 111 cm³/mol. The van der Waals surface area contributed by atoms with Crippen LogP contribution < -0.4 is 21.5 Å². The number of halogens is 1. The van der Waals surface area contributed by atoms with Crippen LogP contribution in [0.2, 0.25) is 5.02 Å². The number of aromatic hydroxyl groups is 1. The number of sulfonamides is 1. The summed E-state index contributed by atoms with van der Waals surface area (Å²) in [6, 6.07) is 2.28. The Morgan fingerprint density at radius 2 is 1.93 bits per heavy atom. The normalized spacial score (nSPS) is 12.7.